The van der Waals surface area contributed by atoms with Crippen molar-refractivity contribution in [3.63, 3.8) is 0 Å². The van der Waals surface area contributed by atoms with Crippen LogP contribution >= 0.6 is 11.3 Å². The van der Waals surface area contributed by atoms with E-state index in [2.05, 4.69) is 27.2 Å². The summed E-state index contributed by atoms with van der Waals surface area (Å²) in [5, 5.41) is 10.3. The molecule has 0 aliphatic rings. The molecule has 1 amide bonds. The lowest BCUT2D eigenvalue weighted by atomic mass is 10.1. The van der Waals surface area contributed by atoms with E-state index in [-0.39, 0.29) is 22.1 Å². The molecular formula is C19H19FN4O3S2. The van der Waals surface area contributed by atoms with E-state index < -0.39 is 21.7 Å². The molecule has 2 aromatic carbocycles. The number of hydrogen-bond donors (Lipinski definition) is 2. The second kappa shape index (κ2) is 9.21. The first-order valence-corrected chi connectivity index (χ1v) is 11.2. The molecule has 0 saturated carbocycles. The minimum Gasteiger partial charge on any atom is -0.317 e. The van der Waals surface area contributed by atoms with E-state index >= 15 is 0 Å². The zero-order valence-electron chi connectivity index (χ0n) is 15.6. The second-order valence-electron chi connectivity index (χ2n) is 6.15. The topological polar surface area (TPSA) is 101 Å². The van der Waals surface area contributed by atoms with Gasteiger partial charge in [-0.1, -0.05) is 48.9 Å². The molecule has 0 fully saturated rings. The largest absolute Gasteiger partial charge is 0.317 e. The van der Waals surface area contributed by atoms with Gasteiger partial charge < -0.3 is 5.32 Å². The summed E-state index contributed by atoms with van der Waals surface area (Å²) in [5.74, 6) is -1.18. The number of benzene rings is 2. The number of halogens is 1. The van der Waals surface area contributed by atoms with Gasteiger partial charge in [0.15, 0.2) is 0 Å². The Morgan fingerprint density at radius 2 is 1.83 bits per heavy atom. The molecule has 1 heterocycles. The van der Waals surface area contributed by atoms with E-state index in [0.29, 0.717) is 5.01 Å². The summed E-state index contributed by atoms with van der Waals surface area (Å²) in [6.45, 7) is 1.95. The highest BCUT2D eigenvalue weighted by Crippen LogP contribution is 2.17. The van der Waals surface area contributed by atoms with Crippen LogP contribution in [-0.2, 0) is 23.0 Å². The minimum absolute atomic E-state index is 0.00590. The Morgan fingerprint density at radius 3 is 2.52 bits per heavy atom. The molecule has 0 aliphatic carbocycles. The Kier molecular flexibility index (Phi) is 6.68. The van der Waals surface area contributed by atoms with Gasteiger partial charge in [-0.05, 0) is 36.2 Å². The van der Waals surface area contributed by atoms with Crippen molar-refractivity contribution in [2.24, 2.45) is 0 Å². The molecule has 0 atom stereocenters. The van der Waals surface area contributed by atoms with Gasteiger partial charge in [-0.2, -0.15) is 0 Å². The molecule has 0 spiro atoms. The summed E-state index contributed by atoms with van der Waals surface area (Å²) in [5.41, 5.74) is 1.10. The molecule has 7 nitrogen and oxygen atoms in total. The van der Waals surface area contributed by atoms with Gasteiger partial charge in [0.05, 0.1) is 17.1 Å². The SMILES string of the molecule is CCCc1ccc(S(=O)(=O)NCc2nnc(C(=O)Nc3ccccc3F)s2)cc1. The minimum atomic E-state index is -3.72. The third-order valence-electron chi connectivity index (χ3n) is 3.97. The van der Waals surface area contributed by atoms with Crippen LogP contribution in [0.2, 0.25) is 0 Å². The van der Waals surface area contributed by atoms with E-state index in [1.807, 2.05) is 0 Å². The lowest BCUT2D eigenvalue weighted by Crippen LogP contribution is -2.23. The van der Waals surface area contributed by atoms with Crippen molar-refractivity contribution < 1.29 is 17.6 Å². The quantitative estimate of drug-likeness (QED) is 0.566. The van der Waals surface area contributed by atoms with Gasteiger partial charge in [-0.25, -0.2) is 17.5 Å². The Labute approximate surface area is 172 Å². The average Bonchev–Trinajstić information content (AvgIpc) is 3.18. The predicted molar refractivity (Wildman–Crippen MR) is 109 cm³/mol. The summed E-state index contributed by atoms with van der Waals surface area (Å²) in [7, 11) is -3.72. The Balaban J connectivity index is 1.62. The first-order chi connectivity index (χ1) is 13.9. The molecule has 2 N–H and O–H groups in total. The summed E-state index contributed by atoms with van der Waals surface area (Å²) in [4.78, 5) is 12.3. The Morgan fingerprint density at radius 1 is 1.10 bits per heavy atom. The highest BCUT2D eigenvalue weighted by Gasteiger charge is 2.18. The van der Waals surface area contributed by atoms with Crippen LogP contribution in [0, 0.1) is 5.82 Å². The van der Waals surface area contributed by atoms with Crippen LogP contribution in [-0.4, -0.2) is 24.5 Å². The van der Waals surface area contributed by atoms with Crippen molar-refractivity contribution in [1.29, 1.82) is 0 Å². The molecule has 0 radical (unpaired) electrons. The third-order valence-corrected chi connectivity index (χ3v) is 6.31. The van der Waals surface area contributed by atoms with Crippen LogP contribution in [0.5, 0.6) is 0 Å². The molecule has 3 rings (SSSR count). The monoisotopic (exact) mass is 434 g/mol. The van der Waals surface area contributed by atoms with Gasteiger partial charge in [-0.15, -0.1) is 10.2 Å². The molecule has 3 aromatic rings. The average molecular weight is 435 g/mol. The number of carbonyl (C=O) groups is 1. The van der Waals surface area contributed by atoms with E-state index in [4.69, 9.17) is 0 Å². The number of rotatable bonds is 8. The van der Waals surface area contributed by atoms with Gasteiger partial charge in [0.2, 0.25) is 15.0 Å². The number of anilines is 1. The summed E-state index contributed by atoms with van der Waals surface area (Å²) in [6, 6.07) is 12.4. The van der Waals surface area contributed by atoms with E-state index in [0.717, 1.165) is 29.7 Å². The maximum absolute atomic E-state index is 13.6. The highest BCUT2D eigenvalue weighted by molar-refractivity contribution is 7.89. The van der Waals surface area contributed by atoms with Gasteiger partial charge in [-0.3, -0.25) is 4.79 Å². The Bertz CT molecular complexity index is 1100. The van der Waals surface area contributed by atoms with Gasteiger partial charge in [0.1, 0.15) is 10.8 Å². The first kappa shape index (κ1) is 21.0. The first-order valence-electron chi connectivity index (χ1n) is 8.86. The van der Waals surface area contributed by atoms with Crippen LogP contribution < -0.4 is 10.0 Å². The molecule has 0 bridgehead atoms. The van der Waals surface area contributed by atoms with Crippen LogP contribution in [0.4, 0.5) is 10.1 Å². The predicted octanol–water partition coefficient (Wildman–Crippen LogP) is 3.36. The second-order valence-corrected chi connectivity index (χ2v) is 8.98. The number of nitrogens with zero attached hydrogens (tertiary/aromatic N) is 2. The highest BCUT2D eigenvalue weighted by atomic mass is 32.2. The maximum Gasteiger partial charge on any atom is 0.286 e. The molecule has 0 aliphatic heterocycles. The van der Waals surface area contributed by atoms with Crippen LogP contribution in [0.1, 0.15) is 33.7 Å². The van der Waals surface area contributed by atoms with Crippen molar-refractivity contribution in [2.75, 3.05) is 5.32 Å². The fraction of sp³-hybridized carbons (Fsp3) is 0.211. The molecule has 152 valence electrons. The number of hydrogen-bond acceptors (Lipinski definition) is 6. The number of para-hydroxylation sites is 1. The van der Waals surface area contributed by atoms with E-state index in [1.54, 1.807) is 30.3 Å². The van der Waals surface area contributed by atoms with Crippen LogP contribution in [0.15, 0.2) is 53.4 Å². The number of amides is 1. The summed E-state index contributed by atoms with van der Waals surface area (Å²) in [6.07, 6.45) is 1.87. The molecule has 1 aromatic heterocycles. The standard InChI is InChI=1S/C19H19FN4O3S2/c1-2-5-13-8-10-14(11-9-13)29(26,27)21-12-17-23-24-19(28-17)18(25)22-16-7-4-3-6-15(16)20/h3-4,6-11,21H,2,5,12H2,1H3,(H,22,25). The lowest BCUT2D eigenvalue weighted by molar-refractivity contribution is 0.102. The number of carbonyl (C=O) groups excluding carboxylic acids is 1. The van der Waals surface area contributed by atoms with Crippen molar-refractivity contribution >= 4 is 33.0 Å². The molecular weight excluding hydrogens is 415 g/mol. The van der Waals surface area contributed by atoms with E-state index in [1.165, 1.54) is 18.2 Å². The van der Waals surface area contributed by atoms with E-state index in [9.17, 15) is 17.6 Å². The van der Waals surface area contributed by atoms with Gasteiger partial charge in [0.25, 0.3) is 5.91 Å². The Hall–Kier alpha value is -2.69. The molecule has 29 heavy (non-hydrogen) atoms. The maximum atomic E-state index is 13.6. The summed E-state index contributed by atoms with van der Waals surface area (Å²) >= 11 is 0.927. The summed E-state index contributed by atoms with van der Waals surface area (Å²) < 4.78 is 40.9. The number of nitrogens with one attached hydrogen (secondary N) is 2. The molecule has 0 saturated heterocycles. The van der Waals surface area contributed by atoms with Gasteiger partial charge >= 0.3 is 0 Å². The fourth-order valence-corrected chi connectivity index (χ4v) is 4.27. The van der Waals surface area contributed by atoms with Crippen LogP contribution in [0.3, 0.4) is 0 Å². The van der Waals surface area contributed by atoms with Crippen molar-refractivity contribution in [2.45, 2.75) is 31.2 Å². The normalized spacial score (nSPS) is 11.4. The van der Waals surface area contributed by atoms with Crippen molar-refractivity contribution in [3.05, 3.63) is 69.9 Å². The molecule has 10 heteroatoms. The number of aromatic nitrogens is 2. The molecule has 0 unspecified atom stereocenters. The number of aryl methyl sites for hydroxylation is 1. The van der Waals surface area contributed by atoms with Crippen molar-refractivity contribution in [1.82, 2.24) is 14.9 Å². The van der Waals surface area contributed by atoms with Crippen LogP contribution in [0.25, 0.3) is 0 Å². The fourth-order valence-electron chi connectivity index (χ4n) is 2.52. The lowest BCUT2D eigenvalue weighted by Gasteiger charge is -2.06. The zero-order valence-corrected chi connectivity index (χ0v) is 17.2. The zero-order chi connectivity index (χ0) is 20.9. The third kappa shape index (κ3) is 5.43. The smallest absolute Gasteiger partial charge is 0.286 e. The van der Waals surface area contributed by atoms with Gasteiger partial charge in [0, 0.05) is 0 Å². The number of sulfonamides is 1. The van der Waals surface area contributed by atoms with Crippen molar-refractivity contribution in [3.8, 4) is 0 Å².